The lowest BCUT2D eigenvalue weighted by Gasteiger charge is -2.40. The Morgan fingerprint density at radius 1 is 1.33 bits per heavy atom. The van der Waals surface area contributed by atoms with Gasteiger partial charge in [0.1, 0.15) is 0 Å². The van der Waals surface area contributed by atoms with Crippen LogP contribution in [0.25, 0.3) is 0 Å². The minimum atomic E-state index is 0.0713. The van der Waals surface area contributed by atoms with Crippen LogP contribution in [0.4, 0.5) is 0 Å². The molecule has 18 heavy (non-hydrogen) atoms. The smallest absolute Gasteiger partial charge is 0.225 e. The third-order valence-electron chi connectivity index (χ3n) is 3.55. The van der Waals surface area contributed by atoms with E-state index in [1.54, 1.807) is 0 Å². The maximum Gasteiger partial charge on any atom is 0.225 e. The Morgan fingerprint density at radius 3 is 2.61 bits per heavy atom. The number of hydrogen-bond donors (Lipinski definition) is 1. The van der Waals surface area contributed by atoms with E-state index in [2.05, 4.69) is 24.4 Å². The third-order valence-corrected chi connectivity index (χ3v) is 3.55. The van der Waals surface area contributed by atoms with Gasteiger partial charge in [-0.15, -0.1) is 0 Å². The summed E-state index contributed by atoms with van der Waals surface area (Å²) in [7, 11) is 0. The molecule has 0 unspecified atom stereocenters. The van der Waals surface area contributed by atoms with E-state index in [0.717, 1.165) is 13.1 Å². The van der Waals surface area contributed by atoms with Gasteiger partial charge in [0.25, 0.3) is 0 Å². The van der Waals surface area contributed by atoms with Gasteiger partial charge in [-0.2, -0.15) is 0 Å². The third kappa shape index (κ3) is 2.72. The zero-order valence-corrected chi connectivity index (χ0v) is 11.4. The van der Waals surface area contributed by atoms with Gasteiger partial charge in [0.15, 0.2) is 0 Å². The molecule has 0 aliphatic carbocycles. The molecular weight excluding hydrogens is 224 g/mol. The molecule has 1 fully saturated rings. The Labute approximate surface area is 109 Å². The minimum absolute atomic E-state index is 0.0713. The largest absolute Gasteiger partial charge is 0.337 e. The van der Waals surface area contributed by atoms with Crippen molar-refractivity contribution in [3.8, 4) is 0 Å². The van der Waals surface area contributed by atoms with Crippen molar-refractivity contribution in [3.05, 3.63) is 35.9 Å². The molecule has 1 aliphatic heterocycles. The molecule has 1 heterocycles. The molecule has 0 saturated carbocycles. The van der Waals surface area contributed by atoms with Crippen molar-refractivity contribution in [3.63, 3.8) is 0 Å². The van der Waals surface area contributed by atoms with Crippen LogP contribution in [0.3, 0.4) is 0 Å². The van der Waals surface area contributed by atoms with Crippen molar-refractivity contribution in [2.75, 3.05) is 13.1 Å². The number of nitrogens with zero attached hydrogens (tertiary/aromatic N) is 1. The van der Waals surface area contributed by atoms with Crippen molar-refractivity contribution < 1.29 is 4.79 Å². The van der Waals surface area contributed by atoms with Crippen molar-refractivity contribution >= 4 is 5.91 Å². The van der Waals surface area contributed by atoms with Crippen LogP contribution in [0.1, 0.15) is 32.4 Å². The predicted molar refractivity (Wildman–Crippen MR) is 73.2 cm³/mol. The van der Waals surface area contributed by atoms with Crippen LogP contribution in [0.5, 0.6) is 0 Å². The van der Waals surface area contributed by atoms with E-state index in [0.29, 0.717) is 0 Å². The molecule has 1 N–H and O–H groups in total. The second-order valence-corrected chi connectivity index (χ2v) is 5.37. The molecule has 0 aromatic heterocycles. The van der Waals surface area contributed by atoms with Gasteiger partial charge in [-0.1, -0.05) is 44.2 Å². The molecule has 1 amide bonds. The van der Waals surface area contributed by atoms with Gasteiger partial charge >= 0.3 is 0 Å². The predicted octanol–water partition coefficient (Wildman–Crippen LogP) is 2.20. The fourth-order valence-corrected chi connectivity index (χ4v) is 2.41. The maximum absolute atomic E-state index is 12.2. The molecule has 2 atom stereocenters. The molecule has 1 aliphatic rings. The molecule has 0 radical (unpaired) electrons. The summed E-state index contributed by atoms with van der Waals surface area (Å²) < 4.78 is 0. The first-order valence-electron chi connectivity index (χ1n) is 6.68. The van der Waals surface area contributed by atoms with Crippen LogP contribution >= 0.6 is 0 Å². The summed E-state index contributed by atoms with van der Waals surface area (Å²) in [5.41, 5.74) is 1.26. The van der Waals surface area contributed by atoms with Crippen molar-refractivity contribution in [1.82, 2.24) is 10.2 Å². The van der Waals surface area contributed by atoms with E-state index < -0.39 is 0 Å². The average molecular weight is 246 g/mol. The van der Waals surface area contributed by atoms with Gasteiger partial charge < -0.3 is 10.2 Å². The number of benzene rings is 1. The number of hydrogen-bond acceptors (Lipinski definition) is 2. The fourth-order valence-electron chi connectivity index (χ4n) is 2.41. The van der Waals surface area contributed by atoms with Crippen LogP contribution in [-0.4, -0.2) is 29.9 Å². The van der Waals surface area contributed by atoms with Crippen molar-refractivity contribution in [1.29, 1.82) is 0 Å². The first-order chi connectivity index (χ1) is 8.59. The number of carbonyl (C=O) groups is 1. The maximum atomic E-state index is 12.2. The van der Waals surface area contributed by atoms with E-state index in [-0.39, 0.29) is 23.9 Å². The molecular formula is C15H22N2O. The highest BCUT2D eigenvalue weighted by molar-refractivity contribution is 5.78. The van der Waals surface area contributed by atoms with E-state index in [4.69, 9.17) is 0 Å². The second-order valence-electron chi connectivity index (χ2n) is 5.37. The first kappa shape index (κ1) is 13.1. The minimum Gasteiger partial charge on any atom is -0.337 e. The van der Waals surface area contributed by atoms with Gasteiger partial charge in [-0.3, -0.25) is 4.79 Å². The van der Waals surface area contributed by atoms with Gasteiger partial charge in [0.05, 0.1) is 0 Å². The lowest BCUT2D eigenvalue weighted by Crippen LogP contribution is -2.54. The molecule has 0 spiro atoms. The molecule has 3 nitrogen and oxygen atoms in total. The highest BCUT2D eigenvalue weighted by atomic mass is 16.2. The summed E-state index contributed by atoms with van der Waals surface area (Å²) in [5.74, 6) is 0.326. The van der Waals surface area contributed by atoms with E-state index in [9.17, 15) is 4.79 Å². The molecule has 0 bridgehead atoms. The Bertz CT molecular complexity index is 402. The summed E-state index contributed by atoms with van der Waals surface area (Å²) in [5, 5.41) is 3.52. The molecule has 1 aromatic carbocycles. The number of piperazine rings is 1. The SMILES string of the molecule is CC(C)C(=O)N1C[C@H](c2ccccc2)NC[C@H]1C. The Balaban J connectivity index is 2.12. The topological polar surface area (TPSA) is 32.3 Å². The summed E-state index contributed by atoms with van der Waals surface area (Å²) in [6, 6.07) is 10.9. The van der Waals surface area contributed by atoms with Crippen LogP contribution < -0.4 is 5.32 Å². The quantitative estimate of drug-likeness (QED) is 0.867. The number of carbonyl (C=O) groups excluding carboxylic acids is 1. The number of rotatable bonds is 2. The van der Waals surface area contributed by atoms with Crippen LogP contribution in [0.15, 0.2) is 30.3 Å². The summed E-state index contributed by atoms with van der Waals surface area (Å²) >= 11 is 0. The summed E-state index contributed by atoms with van der Waals surface area (Å²) in [6.07, 6.45) is 0. The van der Waals surface area contributed by atoms with E-state index in [1.807, 2.05) is 36.9 Å². The van der Waals surface area contributed by atoms with Gasteiger partial charge in [-0.25, -0.2) is 0 Å². The van der Waals surface area contributed by atoms with Gasteiger partial charge in [-0.05, 0) is 12.5 Å². The molecule has 1 saturated heterocycles. The molecule has 98 valence electrons. The zero-order chi connectivity index (χ0) is 13.1. The van der Waals surface area contributed by atoms with Gasteiger partial charge in [0.2, 0.25) is 5.91 Å². The Hall–Kier alpha value is -1.35. The van der Waals surface area contributed by atoms with Crippen molar-refractivity contribution in [2.24, 2.45) is 5.92 Å². The summed E-state index contributed by atoms with van der Waals surface area (Å²) in [6.45, 7) is 7.66. The lowest BCUT2D eigenvalue weighted by atomic mass is 10.0. The number of amides is 1. The monoisotopic (exact) mass is 246 g/mol. The zero-order valence-electron chi connectivity index (χ0n) is 11.4. The molecule has 2 rings (SSSR count). The van der Waals surface area contributed by atoms with Crippen LogP contribution in [-0.2, 0) is 4.79 Å². The standard InChI is InChI=1S/C15H22N2O/c1-11(2)15(18)17-10-14(16-9-12(17)3)13-7-5-4-6-8-13/h4-8,11-12,14,16H,9-10H2,1-3H3/t12-,14-/m1/s1. The first-order valence-corrected chi connectivity index (χ1v) is 6.68. The Morgan fingerprint density at radius 2 is 2.00 bits per heavy atom. The normalized spacial score (nSPS) is 24.3. The molecule has 3 heteroatoms. The lowest BCUT2D eigenvalue weighted by molar-refractivity contribution is -0.138. The number of nitrogens with one attached hydrogen (secondary N) is 1. The van der Waals surface area contributed by atoms with Crippen LogP contribution in [0.2, 0.25) is 0 Å². The highest BCUT2D eigenvalue weighted by Gasteiger charge is 2.30. The second kappa shape index (κ2) is 5.53. The van der Waals surface area contributed by atoms with E-state index in [1.165, 1.54) is 5.56 Å². The highest BCUT2D eigenvalue weighted by Crippen LogP contribution is 2.21. The van der Waals surface area contributed by atoms with Gasteiger partial charge in [0, 0.05) is 31.1 Å². The summed E-state index contributed by atoms with van der Waals surface area (Å²) in [4.78, 5) is 14.2. The Kier molecular flexibility index (Phi) is 4.02. The van der Waals surface area contributed by atoms with E-state index >= 15 is 0 Å². The fraction of sp³-hybridized carbons (Fsp3) is 0.533. The van der Waals surface area contributed by atoms with Crippen LogP contribution in [0, 0.1) is 5.92 Å². The van der Waals surface area contributed by atoms with Crippen molar-refractivity contribution in [2.45, 2.75) is 32.9 Å². The molecule has 1 aromatic rings. The average Bonchev–Trinajstić information content (AvgIpc) is 2.39.